The Morgan fingerprint density at radius 2 is 1.59 bits per heavy atom. The molecule has 1 aromatic rings. The molecule has 154 valence electrons. The van der Waals surface area contributed by atoms with Gasteiger partial charge in [-0.2, -0.15) is 0 Å². The molecule has 1 fully saturated rings. The van der Waals surface area contributed by atoms with Crippen LogP contribution >= 0.6 is 0 Å². The van der Waals surface area contributed by atoms with Gasteiger partial charge in [0.2, 0.25) is 0 Å². The summed E-state index contributed by atoms with van der Waals surface area (Å²) >= 11 is 0. The minimum Gasteiger partial charge on any atom is -0.458 e. The molecule has 0 radical (unpaired) electrons. The van der Waals surface area contributed by atoms with E-state index in [2.05, 4.69) is 67.3 Å². The predicted octanol–water partition coefficient (Wildman–Crippen LogP) is 6.00. The van der Waals surface area contributed by atoms with Crippen molar-refractivity contribution in [1.29, 1.82) is 0 Å². The molecule has 4 heteroatoms. The number of anilines is 1. The van der Waals surface area contributed by atoms with Crippen LogP contribution in [0.15, 0.2) is 6.20 Å². The van der Waals surface area contributed by atoms with E-state index >= 15 is 0 Å². The van der Waals surface area contributed by atoms with Crippen molar-refractivity contribution in [2.45, 2.75) is 87.2 Å². The molecule has 4 nitrogen and oxygen atoms in total. The number of hydrogen-bond donors (Lipinski definition) is 2. The fourth-order valence-corrected chi connectivity index (χ4v) is 4.69. The quantitative estimate of drug-likeness (QED) is 0.636. The Morgan fingerprint density at radius 3 is 2.00 bits per heavy atom. The number of nitrogen functional groups attached to an aromatic ring is 1. The molecule has 2 unspecified atom stereocenters. The Morgan fingerprint density at radius 1 is 1.11 bits per heavy atom. The van der Waals surface area contributed by atoms with Crippen molar-refractivity contribution in [2.75, 3.05) is 5.73 Å². The van der Waals surface area contributed by atoms with E-state index in [1.807, 2.05) is 6.20 Å². The van der Waals surface area contributed by atoms with Gasteiger partial charge >= 0.3 is 5.97 Å². The SMILES string of the molecule is CC1CC(C(C)(C)C)C(OC(=O)c2c(C(C)C)c[nH]c2N)C(C(C)(C)C)C1. The first-order valence-corrected chi connectivity index (χ1v) is 10.4. The zero-order valence-electron chi connectivity index (χ0n) is 18.8. The molecule has 3 N–H and O–H groups in total. The summed E-state index contributed by atoms with van der Waals surface area (Å²) in [4.78, 5) is 16.2. The van der Waals surface area contributed by atoms with Crippen LogP contribution in [-0.4, -0.2) is 17.1 Å². The van der Waals surface area contributed by atoms with Crippen LogP contribution < -0.4 is 5.73 Å². The molecule has 0 aliphatic heterocycles. The molecule has 1 heterocycles. The molecule has 27 heavy (non-hydrogen) atoms. The van der Waals surface area contributed by atoms with Crippen molar-refractivity contribution in [2.24, 2.45) is 28.6 Å². The zero-order valence-corrected chi connectivity index (χ0v) is 18.8. The van der Waals surface area contributed by atoms with E-state index in [0.717, 1.165) is 18.4 Å². The molecule has 0 saturated heterocycles. The van der Waals surface area contributed by atoms with Gasteiger partial charge in [0, 0.05) is 18.0 Å². The second kappa shape index (κ2) is 7.52. The van der Waals surface area contributed by atoms with Gasteiger partial charge in [0.15, 0.2) is 0 Å². The first-order chi connectivity index (χ1) is 12.2. The van der Waals surface area contributed by atoms with E-state index in [1.54, 1.807) is 0 Å². The molecule has 2 rings (SSSR count). The van der Waals surface area contributed by atoms with Gasteiger partial charge < -0.3 is 15.5 Å². The molecule has 0 spiro atoms. The largest absolute Gasteiger partial charge is 0.458 e. The van der Waals surface area contributed by atoms with E-state index in [9.17, 15) is 4.79 Å². The summed E-state index contributed by atoms with van der Waals surface area (Å²) < 4.78 is 6.30. The molecular weight excluding hydrogens is 336 g/mol. The molecule has 2 atom stereocenters. The minimum atomic E-state index is -0.277. The summed E-state index contributed by atoms with van der Waals surface area (Å²) in [7, 11) is 0. The van der Waals surface area contributed by atoms with Gasteiger partial charge in [-0.3, -0.25) is 0 Å². The van der Waals surface area contributed by atoms with Crippen LogP contribution in [0.3, 0.4) is 0 Å². The topological polar surface area (TPSA) is 68.1 Å². The Labute approximate surface area is 165 Å². The second-order valence-corrected chi connectivity index (χ2v) is 11.1. The molecule has 1 saturated carbocycles. The lowest BCUT2D eigenvalue weighted by Gasteiger charge is -2.50. The number of nitrogens with one attached hydrogen (secondary N) is 1. The maximum atomic E-state index is 13.2. The Bertz CT molecular complexity index is 637. The van der Waals surface area contributed by atoms with Gasteiger partial charge in [0.25, 0.3) is 0 Å². The van der Waals surface area contributed by atoms with Crippen LogP contribution in [0, 0.1) is 28.6 Å². The summed E-state index contributed by atoms with van der Waals surface area (Å²) in [5.74, 6) is 1.64. The van der Waals surface area contributed by atoms with Crippen LogP contribution in [-0.2, 0) is 4.74 Å². The molecule has 0 bridgehead atoms. The molecule has 0 aromatic carbocycles. The molecular formula is C23H40N2O2. The molecule has 1 aliphatic rings. The van der Waals surface area contributed by atoms with Crippen molar-refractivity contribution in [3.05, 3.63) is 17.3 Å². The number of H-pyrrole nitrogens is 1. The molecule has 1 aromatic heterocycles. The zero-order chi connectivity index (χ0) is 20.7. The van der Waals surface area contributed by atoms with Crippen molar-refractivity contribution in [3.8, 4) is 0 Å². The number of ether oxygens (including phenoxy) is 1. The van der Waals surface area contributed by atoms with Gasteiger partial charge in [0.05, 0.1) is 0 Å². The summed E-state index contributed by atoms with van der Waals surface area (Å²) in [6.07, 6.45) is 3.92. The summed E-state index contributed by atoms with van der Waals surface area (Å²) in [6, 6.07) is 0. The average Bonchev–Trinajstić information content (AvgIpc) is 2.88. The highest BCUT2D eigenvalue weighted by atomic mass is 16.5. The number of carbonyl (C=O) groups is 1. The third kappa shape index (κ3) is 4.70. The van der Waals surface area contributed by atoms with Crippen molar-refractivity contribution < 1.29 is 9.53 Å². The number of hydrogen-bond acceptors (Lipinski definition) is 3. The first kappa shape index (κ1) is 21.8. The molecule has 1 aliphatic carbocycles. The van der Waals surface area contributed by atoms with Crippen LogP contribution in [0.1, 0.15) is 97.0 Å². The van der Waals surface area contributed by atoms with E-state index in [-0.39, 0.29) is 28.8 Å². The smallest absolute Gasteiger partial charge is 0.342 e. The fourth-order valence-electron chi connectivity index (χ4n) is 4.69. The molecule has 0 amide bonds. The standard InChI is InChI=1S/C23H40N2O2/c1-13(2)15-12-25-20(24)18(15)21(26)27-19-16(22(4,5)6)10-14(3)11-17(19)23(7,8)9/h12-14,16-17,19,25H,10-11,24H2,1-9H3. The first-order valence-electron chi connectivity index (χ1n) is 10.4. The van der Waals surface area contributed by atoms with Gasteiger partial charge in [-0.15, -0.1) is 0 Å². The van der Waals surface area contributed by atoms with Crippen molar-refractivity contribution >= 4 is 11.8 Å². The lowest BCUT2D eigenvalue weighted by Crippen LogP contribution is -2.49. The lowest BCUT2D eigenvalue weighted by molar-refractivity contribution is -0.0923. The number of carbonyl (C=O) groups excluding carboxylic acids is 1. The normalized spacial score (nSPS) is 27.0. The van der Waals surface area contributed by atoms with E-state index in [0.29, 0.717) is 29.1 Å². The Kier molecular flexibility index (Phi) is 6.08. The number of rotatable bonds is 3. The van der Waals surface area contributed by atoms with Gasteiger partial charge in [-0.05, 0) is 41.1 Å². The van der Waals surface area contributed by atoms with Crippen LogP contribution in [0.2, 0.25) is 0 Å². The Hall–Kier alpha value is -1.45. The van der Waals surface area contributed by atoms with Gasteiger partial charge in [-0.1, -0.05) is 62.3 Å². The van der Waals surface area contributed by atoms with Crippen LogP contribution in [0.25, 0.3) is 0 Å². The Balaban J connectivity index is 2.41. The average molecular weight is 377 g/mol. The minimum absolute atomic E-state index is 0.0771. The van der Waals surface area contributed by atoms with Crippen molar-refractivity contribution in [3.63, 3.8) is 0 Å². The van der Waals surface area contributed by atoms with E-state index < -0.39 is 0 Å². The highest BCUT2D eigenvalue weighted by molar-refractivity contribution is 5.96. The highest BCUT2D eigenvalue weighted by Crippen LogP contribution is 2.50. The van der Waals surface area contributed by atoms with E-state index in [1.165, 1.54) is 0 Å². The summed E-state index contributed by atoms with van der Waals surface area (Å²) in [6.45, 7) is 20.1. The lowest BCUT2D eigenvalue weighted by atomic mass is 9.59. The van der Waals surface area contributed by atoms with Crippen LogP contribution in [0.4, 0.5) is 5.82 Å². The number of nitrogens with two attached hydrogens (primary N) is 1. The number of aromatic nitrogens is 1. The predicted molar refractivity (Wildman–Crippen MR) is 113 cm³/mol. The third-order valence-electron chi connectivity index (χ3n) is 6.34. The maximum Gasteiger partial charge on any atom is 0.342 e. The summed E-state index contributed by atoms with van der Waals surface area (Å²) in [5.41, 5.74) is 7.70. The number of esters is 1. The van der Waals surface area contributed by atoms with Crippen molar-refractivity contribution in [1.82, 2.24) is 4.98 Å². The monoisotopic (exact) mass is 376 g/mol. The van der Waals surface area contributed by atoms with Crippen LogP contribution in [0.5, 0.6) is 0 Å². The van der Waals surface area contributed by atoms with Gasteiger partial charge in [0.1, 0.15) is 17.5 Å². The number of aromatic amines is 1. The van der Waals surface area contributed by atoms with Gasteiger partial charge in [-0.25, -0.2) is 4.79 Å². The third-order valence-corrected chi connectivity index (χ3v) is 6.34. The second-order valence-electron chi connectivity index (χ2n) is 11.1. The summed E-state index contributed by atoms with van der Waals surface area (Å²) in [5, 5.41) is 0. The maximum absolute atomic E-state index is 13.2. The highest BCUT2D eigenvalue weighted by Gasteiger charge is 2.48. The fraction of sp³-hybridized carbons (Fsp3) is 0.783. The van der Waals surface area contributed by atoms with E-state index in [4.69, 9.17) is 10.5 Å².